The Hall–Kier alpha value is -1.36. The van der Waals surface area contributed by atoms with Crippen LogP contribution in [0.4, 0.5) is 5.82 Å². The molecule has 0 unspecified atom stereocenters. The molecule has 1 heterocycles. The van der Waals surface area contributed by atoms with Crippen molar-refractivity contribution < 1.29 is 4.79 Å². The fourth-order valence-corrected chi connectivity index (χ4v) is 1.65. The molecular weight excluding hydrogens is 264 g/mol. The maximum absolute atomic E-state index is 11.6. The van der Waals surface area contributed by atoms with Gasteiger partial charge in [-0.1, -0.05) is 25.4 Å². The second kappa shape index (κ2) is 6.70. The third-order valence-electron chi connectivity index (χ3n) is 2.49. The number of carbonyl (C=O) groups is 1. The Morgan fingerprint density at radius 1 is 1.26 bits per heavy atom. The third-order valence-corrected chi connectivity index (χ3v) is 2.85. The second-order valence-corrected chi connectivity index (χ2v) is 5.43. The van der Waals surface area contributed by atoms with Gasteiger partial charge in [0.15, 0.2) is 0 Å². The maximum atomic E-state index is 11.6. The lowest BCUT2D eigenvalue weighted by Crippen LogP contribution is -2.35. The summed E-state index contributed by atoms with van der Waals surface area (Å²) in [5, 5.41) is 6.23. The Kier molecular flexibility index (Phi) is 5.54. The molecule has 6 heteroatoms. The molecule has 0 spiro atoms. The van der Waals surface area contributed by atoms with Crippen LogP contribution in [0.3, 0.4) is 0 Å². The minimum atomic E-state index is -0.0739. The molecule has 19 heavy (non-hydrogen) atoms. The van der Waals surface area contributed by atoms with Gasteiger partial charge in [0.25, 0.3) is 0 Å². The van der Waals surface area contributed by atoms with Crippen molar-refractivity contribution in [3.63, 3.8) is 0 Å². The van der Waals surface area contributed by atoms with Crippen LogP contribution in [0.25, 0.3) is 0 Å². The average Bonchev–Trinajstić information content (AvgIpc) is 2.29. The van der Waals surface area contributed by atoms with Crippen molar-refractivity contribution >= 4 is 23.3 Å². The van der Waals surface area contributed by atoms with Crippen molar-refractivity contribution in [3.8, 4) is 0 Å². The number of halogens is 1. The Bertz CT molecular complexity index is 460. The van der Waals surface area contributed by atoms with E-state index in [1.165, 1.54) is 0 Å². The van der Waals surface area contributed by atoms with Gasteiger partial charge >= 0.3 is 0 Å². The smallest absolute Gasteiger partial charge is 0.239 e. The summed E-state index contributed by atoms with van der Waals surface area (Å²) in [5.74, 6) is 1.39. The molecule has 5 nitrogen and oxygen atoms in total. The molecule has 2 N–H and O–H groups in total. The molecule has 1 rings (SSSR count). The highest BCUT2D eigenvalue weighted by atomic mass is 35.5. The molecule has 0 radical (unpaired) electrons. The summed E-state index contributed by atoms with van der Waals surface area (Å²) in [7, 11) is 0. The normalized spacial score (nSPS) is 10.9. The number of nitrogens with zero attached hydrogens (tertiary/aromatic N) is 2. The molecule has 0 saturated carbocycles. The van der Waals surface area contributed by atoms with Gasteiger partial charge in [-0.25, -0.2) is 9.97 Å². The Labute approximate surface area is 119 Å². The quantitative estimate of drug-likeness (QED) is 0.815. The predicted molar refractivity (Wildman–Crippen MR) is 77.6 cm³/mol. The lowest BCUT2D eigenvalue weighted by Gasteiger charge is -2.13. The summed E-state index contributed by atoms with van der Waals surface area (Å²) in [6, 6.07) is 0.121. The molecule has 0 aromatic carbocycles. The largest absolute Gasteiger partial charge is 0.361 e. The number of carbonyl (C=O) groups excluding carboxylic acids is 1. The summed E-state index contributed by atoms with van der Waals surface area (Å²) in [6.45, 7) is 9.83. The molecule has 0 bridgehead atoms. The standard InChI is InChI=1S/C13H21ClN4O/c1-7(2)12-17-11(14)9(5)13(18-12)15-6-10(19)16-8(3)4/h7-8H,6H2,1-5H3,(H,16,19)(H,15,17,18). The first-order valence-corrected chi connectivity index (χ1v) is 6.76. The van der Waals surface area contributed by atoms with E-state index in [9.17, 15) is 4.79 Å². The summed E-state index contributed by atoms with van der Waals surface area (Å²) < 4.78 is 0. The fraction of sp³-hybridized carbons (Fsp3) is 0.615. The molecule has 1 aromatic heterocycles. The number of hydrogen-bond acceptors (Lipinski definition) is 4. The highest BCUT2D eigenvalue weighted by molar-refractivity contribution is 6.30. The van der Waals surface area contributed by atoms with E-state index >= 15 is 0 Å². The van der Waals surface area contributed by atoms with Gasteiger partial charge in [0.05, 0.1) is 6.54 Å². The summed E-state index contributed by atoms with van der Waals surface area (Å²) in [6.07, 6.45) is 0. The SMILES string of the molecule is Cc1c(Cl)nc(C(C)C)nc1NCC(=O)NC(C)C. The Morgan fingerprint density at radius 2 is 1.89 bits per heavy atom. The monoisotopic (exact) mass is 284 g/mol. The summed E-state index contributed by atoms with van der Waals surface area (Å²) in [4.78, 5) is 20.2. The van der Waals surface area contributed by atoms with Crippen molar-refractivity contribution in [1.82, 2.24) is 15.3 Å². The number of nitrogens with one attached hydrogen (secondary N) is 2. The number of aromatic nitrogens is 2. The minimum Gasteiger partial charge on any atom is -0.361 e. The van der Waals surface area contributed by atoms with E-state index in [1.807, 2.05) is 34.6 Å². The topological polar surface area (TPSA) is 66.9 Å². The molecule has 0 fully saturated rings. The zero-order chi connectivity index (χ0) is 14.6. The summed E-state index contributed by atoms with van der Waals surface area (Å²) in [5.41, 5.74) is 0.753. The van der Waals surface area contributed by atoms with E-state index in [2.05, 4.69) is 20.6 Å². The molecule has 0 aliphatic rings. The Morgan fingerprint density at radius 3 is 2.42 bits per heavy atom. The molecule has 0 aliphatic carbocycles. The predicted octanol–water partition coefficient (Wildman–Crippen LogP) is 2.50. The van der Waals surface area contributed by atoms with Crippen molar-refractivity contribution in [2.24, 2.45) is 0 Å². The van der Waals surface area contributed by atoms with Gasteiger partial charge in [-0.2, -0.15) is 0 Å². The first-order chi connectivity index (χ1) is 8.81. The molecule has 106 valence electrons. The lowest BCUT2D eigenvalue weighted by molar-refractivity contribution is -0.119. The van der Waals surface area contributed by atoms with Crippen LogP contribution >= 0.6 is 11.6 Å². The summed E-state index contributed by atoms with van der Waals surface area (Å²) >= 11 is 6.07. The fourth-order valence-electron chi connectivity index (χ4n) is 1.47. The molecular formula is C13H21ClN4O. The number of amides is 1. The van der Waals surface area contributed by atoms with Crippen LogP contribution in [-0.2, 0) is 4.79 Å². The van der Waals surface area contributed by atoms with E-state index in [0.29, 0.717) is 16.8 Å². The first-order valence-electron chi connectivity index (χ1n) is 6.38. The van der Waals surface area contributed by atoms with E-state index in [4.69, 9.17) is 11.6 Å². The van der Waals surface area contributed by atoms with Gasteiger partial charge in [0, 0.05) is 17.5 Å². The van der Waals surface area contributed by atoms with Crippen LogP contribution in [0.2, 0.25) is 5.15 Å². The van der Waals surface area contributed by atoms with Crippen LogP contribution in [-0.4, -0.2) is 28.5 Å². The first kappa shape index (κ1) is 15.7. The number of anilines is 1. The highest BCUT2D eigenvalue weighted by Gasteiger charge is 2.12. The molecule has 1 aromatic rings. The Balaban J connectivity index is 2.80. The molecule has 1 amide bonds. The molecule has 0 saturated heterocycles. The maximum Gasteiger partial charge on any atom is 0.239 e. The van der Waals surface area contributed by atoms with Gasteiger partial charge in [0.2, 0.25) is 5.91 Å². The van der Waals surface area contributed by atoms with Crippen molar-refractivity contribution in [2.75, 3.05) is 11.9 Å². The number of hydrogen-bond donors (Lipinski definition) is 2. The van der Waals surface area contributed by atoms with Gasteiger partial charge in [-0.05, 0) is 20.8 Å². The molecule has 0 aliphatic heterocycles. The van der Waals surface area contributed by atoms with Crippen LogP contribution in [0.1, 0.15) is 45.0 Å². The van der Waals surface area contributed by atoms with Gasteiger partial charge < -0.3 is 10.6 Å². The second-order valence-electron chi connectivity index (χ2n) is 5.08. The third kappa shape index (κ3) is 4.67. The van der Waals surface area contributed by atoms with E-state index in [1.54, 1.807) is 0 Å². The van der Waals surface area contributed by atoms with Crippen LogP contribution in [0.5, 0.6) is 0 Å². The highest BCUT2D eigenvalue weighted by Crippen LogP contribution is 2.22. The van der Waals surface area contributed by atoms with Crippen LogP contribution < -0.4 is 10.6 Å². The van der Waals surface area contributed by atoms with Crippen molar-refractivity contribution in [2.45, 2.75) is 46.6 Å². The van der Waals surface area contributed by atoms with Crippen molar-refractivity contribution in [3.05, 3.63) is 16.5 Å². The lowest BCUT2D eigenvalue weighted by atomic mass is 10.2. The van der Waals surface area contributed by atoms with Crippen LogP contribution in [0, 0.1) is 6.92 Å². The molecule has 0 atom stereocenters. The van der Waals surface area contributed by atoms with E-state index in [-0.39, 0.29) is 24.4 Å². The van der Waals surface area contributed by atoms with Gasteiger partial charge in [-0.3, -0.25) is 4.79 Å². The van der Waals surface area contributed by atoms with Crippen molar-refractivity contribution in [1.29, 1.82) is 0 Å². The van der Waals surface area contributed by atoms with E-state index in [0.717, 1.165) is 5.56 Å². The zero-order valence-electron chi connectivity index (χ0n) is 12.0. The van der Waals surface area contributed by atoms with Crippen LogP contribution in [0.15, 0.2) is 0 Å². The minimum absolute atomic E-state index is 0.0739. The zero-order valence-corrected chi connectivity index (χ0v) is 12.8. The number of rotatable bonds is 5. The average molecular weight is 285 g/mol. The van der Waals surface area contributed by atoms with E-state index < -0.39 is 0 Å². The van der Waals surface area contributed by atoms with Gasteiger partial charge in [0.1, 0.15) is 16.8 Å². The van der Waals surface area contributed by atoms with Gasteiger partial charge in [-0.15, -0.1) is 0 Å².